The molecule has 1 amide bonds. The van der Waals surface area contributed by atoms with Crippen LogP contribution in [0.15, 0.2) is 42.7 Å². The molecule has 1 atom stereocenters. The van der Waals surface area contributed by atoms with Crippen LogP contribution in [0.25, 0.3) is 0 Å². The second-order valence-corrected chi connectivity index (χ2v) is 11.1. The maximum Gasteiger partial charge on any atom is 0.416 e. The van der Waals surface area contributed by atoms with Gasteiger partial charge in [0.25, 0.3) is 5.91 Å². The summed E-state index contributed by atoms with van der Waals surface area (Å²) in [6.45, 7) is 3.94. The number of alkyl halides is 3. The molecule has 3 aliphatic rings. The number of carbonyl (C=O) groups is 1. The van der Waals surface area contributed by atoms with E-state index < -0.39 is 17.6 Å². The lowest BCUT2D eigenvalue weighted by Crippen LogP contribution is -2.47. The van der Waals surface area contributed by atoms with E-state index in [1.807, 2.05) is 29.8 Å². The van der Waals surface area contributed by atoms with Gasteiger partial charge in [0.15, 0.2) is 0 Å². The number of fused-ring (bicyclic) bond motifs is 1. The number of nitrogens with zero attached hydrogens (tertiary/aromatic N) is 4. The first-order valence-electron chi connectivity index (χ1n) is 13.1. The quantitative estimate of drug-likeness (QED) is 0.480. The van der Waals surface area contributed by atoms with Crippen molar-refractivity contribution in [3.63, 3.8) is 0 Å². The zero-order valence-corrected chi connectivity index (χ0v) is 21.5. The molecule has 1 saturated heterocycles. The number of hydrogen-bond donors (Lipinski definition) is 2. The Morgan fingerprint density at radius 1 is 1.21 bits per heavy atom. The van der Waals surface area contributed by atoms with Gasteiger partial charge in [-0.1, -0.05) is 12.1 Å². The second-order valence-electron chi connectivity index (χ2n) is 11.1. The highest BCUT2D eigenvalue weighted by molar-refractivity contribution is 6.10. The van der Waals surface area contributed by atoms with Gasteiger partial charge in [-0.05, 0) is 73.1 Å². The van der Waals surface area contributed by atoms with Crippen LogP contribution in [0.3, 0.4) is 0 Å². The van der Waals surface area contributed by atoms with E-state index in [1.54, 1.807) is 18.5 Å². The summed E-state index contributed by atoms with van der Waals surface area (Å²) in [6, 6.07) is 10.4. The summed E-state index contributed by atoms with van der Waals surface area (Å²) in [6.07, 6.45) is 0.225. The summed E-state index contributed by atoms with van der Waals surface area (Å²) in [4.78, 5) is 15.0. The number of anilines is 1. The molecule has 0 bridgehead atoms. The lowest BCUT2D eigenvalue weighted by molar-refractivity contribution is -0.138. The molecule has 3 heterocycles. The molecule has 200 valence electrons. The first-order chi connectivity index (χ1) is 18.1. The fourth-order valence-electron chi connectivity index (χ4n) is 5.87. The number of nitrogens with one attached hydrogen (secondary N) is 2. The van der Waals surface area contributed by atoms with Gasteiger partial charge in [0.1, 0.15) is 12.2 Å². The molecular formula is C28H31F3N6O. The third-order valence-corrected chi connectivity index (χ3v) is 8.43. The van der Waals surface area contributed by atoms with E-state index in [2.05, 4.69) is 27.8 Å². The lowest BCUT2D eigenvalue weighted by Gasteiger charge is -2.39. The summed E-state index contributed by atoms with van der Waals surface area (Å²) in [7, 11) is 1.90. The number of hydrogen-bond acceptors (Lipinski definition) is 5. The van der Waals surface area contributed by atoms with Crippen LogP contribution in [-0.2, 0) is 26.3 Å². The number of amides is 1. The van der Waals surface area contributed by atoms with Gasteiger partial charge in [-0.25, -0.2) is 0 Å². The molecule has 1 aromatic heterocycles. The standard InChI is InChI=1S/C28H31F3N6O/c1-27(7-4-8-27)33-12-17-9-21-22(23(10-17)28(29,30)31)15-37(26(21)38)20-6-3-5-18(11-20)24(19-13-32-14-19)25-35-34-16-36(25)2/h3,5-6,9-11,16,19,24,32-33H,4,7-8,12-15H2,1-2H3. The second kappa shape index (κ2) is 9.20. The van der Waals surface area contributed by atoms with Crippen LogP contribution in [0, 0.1) is 5.92 Å². The minimum Gasteiger partial charge on any atom is -0.320 e. The van der Waals surface area contributed by atoms with Crippen LogP contribution in [0.5, 0.6) is 0 Å². The van der Waals surface area contributed by atoms with Gasteiger partial charge in [0.2, 0.25) is 0 Å². The van der Waals surface area contributed by atoms with Crippen molar-refractivity contribution in [1.29, 1.82) is 0 Å². The Morgan fingerprint density at radius 2 is 2.00 bits per heavy atom. The van der Waals surface area contributed by atoms with E-state index >= 15 is 0 Å². The molecule has 2 aromatic carbocycles. The van der Waals surface area contributed by atoms with Gasteiger partial charge in [0, 0.05) is 49.4 Å². The van der Waals surface area contributed by atoms with Crippen molar-refractivity contribution in [2.24, 2.45) is 13.0 Å². The van der Waals surface area contributed by atoms with Crippen molar-refractivity contribution in [2.75, 3.05) is 18.0 Å². The Labute approximate surface area is 219 Å². The van der Waals surface area contributed by atoms with Crippen molar-refractivity contribution >= 4 is 11.6 Å². The zero-order chi connectivity index (χ0) is 26.7. The van der Waals surface area contributed by atoms with E-state index in [0.717, 1.165) is 43.7 Å². The summed E-state index contributed by atoms with van der Waals surface area (Å²) in [5.41, 5.74) is 1.42. The average Bonchev–Trinajstić information content (AvgIpc) is 3.40. The summed E-state index contributed by atoms with van der Waals surface area (Å²) in [5, 5.41) is 15.1. The molecule has 38 heavy (non-hydrogen) atoms. The predicted octanol–water partition coefficient (Wildman–Crippen LogP) is 4.38. The third kappa shape index (κ3) is 4.39. The molecule has 1 aliphatic carbocycles. The van der Waals surface area contributed by atoms with Crippen molar-refractivity contribution in [3.8, 4) is 0 Å². The molecular weight excluding hydrogens is 493 g/mol. The number of carbonyl (C=O) groups excluding carboxylic acids is 1. The van der Waals surface area contributed by atoms with Gasteiger partial charge in [0.05, 0.1) is 12.1 Å². The highest BCUT2D eigenvalue weighted by atomic mass is 19.4. The molecule has 2 aliphatic heterocycles. The number of halogens is 3. The average molecular weight is 525 g/mol. The first kappa shape index (κ1) is 25.1. The number of aryl methyl sites for hydroxylation is 1. The highest BCUT2D eigenvalue weighted by Gasteiger charge is 2.41. The van der Waals surface area contributed by atoms with Gasteiger partial charge in [-0.3, -0.25) is 4.79 Å². The molecule has 1 saturated carbocycles. The maximum atomic E-state index is 14.2. The molecule has 3 aromatic rings. The van der Waals surface area contributed by atoms with Crippen LogP contribution in [0.1, 0.15) is 70.5 Å². The molecule has 0 spiro atoms. The Balaban J connectivity index is 1.33. The number of aromatic nitrogens is 3. The van der Waals surface area contributed by atoms with Gasteiger partial charge >= 0.3 is 6.18 Å². The van der Waals surface area contributed by atoms with Crippen LogP contribution < -0.4 is 15.5 Å². The Hall–Kier alpha value is -3.24. The zero-order valence-electron chi connectivity index (χ0n) is 21.5. The summed E-state index contributed by atoms with van der Waals surface area (Å²) >= 11 is 0. The van der Waals surface area contributed by atoms with Crippen LogP contribution in [0.4, 0.5) is 18.9 Å². The van der Waals surface area contributed by atoms with Crippen molar-refractivity contribution in [1.82, 2.24) is 25.4 Å². The predicted molar refractivity (Wildman–Crippen MR) is 137 cm³/mol. The summed E-state index contributed by atoms with van der Waals surface area (Å²) in [5.74, 6) is 0.685. The van der Waals surface area contributed by atoms with E-state index in [-0.39, 0.29) is 29.1 Å². The van der Waals surface area contributed by atoms with Gasteiger partial charge in [-0.2, -0.15) is 13.2 Å². The van der Waals surface area contributed by atoms with Crippen molar-refractivity contribution in [2.45, 2.75) is 56.9 Å². The fourth-order valence-corrected chi connectivity index (χ4v) is 5.87. The monoisotopic (exact) mass is 524 g/mol. The van der Waals surface area contributed by atoms with E-state index in [0.29, 0.717) is 23.7 Å². The Kier molecular flexibility index (Phi) is 6.07. The molecule has 6 rings (SSSR count). The molecule has 7 nitrogen and oxygen atoms in total. The molecule has 1 unspecified atom stereocenters. The van der Waals surface area contributed by atoms with Crippen molar-refractivity contribution < 1.29 is 18.0 Å². The fraction of sp³-hybridized carbons (Fsp3) is 0.464. The van der Waals surface area contributed by atoms with Crippen LogP contribution in [0.2, 0.25) is 0 Å². The minimum absolute atomic E-state index is 0.0413. The van der Waals surface area contributed by atoms with Crippen LogP contribution in [-0.4, -0.2) is 39.3 Å². The Bertz CT molecular complexity index is 1380. The number of benzene rings is 2. The normalized spacial score (nSPS) is 19.7. The molecule has 10 heteroatoms. The SMILES string of the molecule is Cn1cnnc1C(c1cccc(N2Cc3c(cc(CNC4(C)CCC4)cc3C(F)(F)F)C2=O)c1)C1CNC1. The third-order valence-electron chi connectivity index (χ3n) is 8.43. The molecule has 2 fully saturated rings. The maximum absolute atomic E-state index is 14.2. The number of rotatable bonds is 7. The topological polar surface area (TPSA) is 75.1 Å². The van der Waals surface area contributed by atoms with Crippen molar-refractivity contribution in [3.05, 3.63) is 76.4 Å². The molecule has 0 radical (unpaired) electrons. The van der Waals surface area contributed by atoms with Crippen LogP contribution >= 0.6 is 0 Å². The minimum atomic E-state index is -4.55. The molecule has 2 N–H and O–H groups in total. The largest absolute Gasteiger partial charge is 0.416 e. The highest BCUT2D eigenvalue weighted by Crippen LogP contribution is 2.41. The van der Waals surface area contributed by atoms with E-state index in [1.165, 1.54) is 11.0 Å². The van der Waals surface area contributed by atoms with Gasteiger partial charge in [-0.15, -0.1) is 10.2 Å². The Morgan fingerprint density at radius 3 is 2.61 bits per heavy atom. The van der Waals surface area contributed by atoms with Gasteiger partial charge < -0.3 is 20.1 Å². The van der Waals surface area contributed by atoms with E-state index in [4.69, 9.17) is 0 Å². The first-order valence-corrected chi connectivity index (χ1v) is 13.1. The van der Waals surface area contributed by atoms with E-state index in [9.17, 15) is 18.0 Å². The summed E-state index contributed by atoms with van der Waals surface area (Å²) < 4.78 is 44.4. The lowest BCUT2D eigenvalue weighted by atomic mass is 9.78. The smallest absolute Gasteiger partial charge is 0.320 e.